The van der Waals surface area contributed by atoms with Gasteiger partial charge in [-0.25, -0.2) is 0 Å². The second-order valence-corrected chi connectivity index (χ2v) is 8.07. The maximum Gasteiger partial charge on any atom is 0.326 e. The summed E-state index contributed by atoms with van der Waals surface area (Å²) < 4.78 is 16.5. The highest BCUT2D eigenvalue weighted by molar-refractivity contribution is 8.26. The fourth-order valence-electron chi connectivity index (χ4n) is 2.73. The van der Waals surface area contributed by atoms with E-state index in [4.69, 9.17) is 26.4 Å². The van der Waals surface area contributed by atoms with Gasteiger partial charge >= 0.3 is 5.97 Å². The summed E-state index contributed by atoms with van der Waals surface area (Å²) in [4.78, 5) is 26.0. The molecule has 0 aliphatic carbocycles. The second kappa shape index (κ2) is 11.8. The van der Waals surface area contributed by atoms with Crippen LogP contribution in [-0.2, 0) is 14.3 Å². The monoisotopic (exact) mass is 437 g/mol. The Labute approximate surface area is 181 Å². The Hall–Kier alpha value is -2.06. The molecule has 1 aromatic rings. The van der Waals surface area contributed by atoms with Crippen molar-refractivity contribution in [1.82, 2.24) is 4.90 Å². The molecule has 1 aliphatic rings. The maximum atomic E-state index is 12.6. The van der Waals surface area contributed by atoms with Crippen LogP contribution in [0.25, 0.3) is 6.08 Å². The smallest absolute Gasteiger partial charge is 0.326 e. The Morgan fingerprint density at radius 2 is 2.00 bits per heavy atom. The Balaban J connectivity index is 2.06. The Kier molecular flexibility index (Phi) is 9.47. The molecule has 0 unspecified atom stereocenters. The molecule has 0 aromatic heterocycles. The summed E-state index contributed by atoms with van der Waals surface area (Å²) in [6, 6.07) is 5.52. The average molecular weight is 438 g/mol. The van der Waals surface area contributed by atoms with Crippen molar-refractivity contribution < 1.29 is 23.8 Å². The molecule has 1 fully saturated rings. The van der Waals surface area contributed by atoms with E-state index < -0.39 is 5.97 Å². The van der Waals surface area contributed by atoms with E-state index >= 15 is 0 Å². The van der Waals surface area contributed by atoms with E-state index in [0.717, 1.165) is 30.2 Å². The molecule has 8 heteroatoms. The number of esters is 1. The number of benzene rings is 1. The van der Waals surface area contributed by atoms with Gasteiger partial charge in [-0.15, -0.1) is 0 Å². The van der Waals surface area contributed by atoms with E-state index in [9.17, 15) is 9.59 Å². The molecule has 1 saturated heterocycles. The predicted molar refractivity (Wildman–Crippen MR) is 119 cm³/mol. The van der Waals surface area contributed by atoms with Crippen LogP contribution < -0.4 is 9.47 Å². The number of nitrogens with zero attached hydrogens (tertiary/aromatic N) is 1. The normalized spacial score (nSPS) is 15.1. The number of thiocarbonyl (C=S) groups is 1. The number of carbonyl (C=O) groups excluding carboxylic acids is 2. The van der Waals surface area contributed by atoms with E-state index in [1.165, 1.54) is 17.7 Å². The second-order valence-electron chi connectivity index (χ2n) is 6.39. The molecule has 1 amide bonds. The molecule has 0 saturated carbocycles. The first kappa shape index (κ1) is 23.2. The zero-order valence-corrected chi connectivity index (χ0v) is 18.7. The van der Waals surface area contributed by atoms with Gasteiger partial charge in [-0.3, -0.25) is 14.5 Å². The fraction of sp³-hybridized carbons (Fsp3) is 0.476. The zero-order chi connectivity index (χ0) is 21.2. The third-order valence-electron chi connectivity index (χ3n) is 4.21. The first-order valence-corrected chi connectivity index (χ1v) is 10.9. The van der Waals surface area contributed by atoms with E-state index in [1.54, 1.807) is 20.1 Å². The zero-order valence-electron chi connectivity index (χ0n) is 17.1. The lowest BCUT2D eigenvalue weighted by atomic mass is 10.1. The van der Waals surface area contributed by atoms with Gasteiger partial charge in [-0.1, -0.05) is 56.2 Å². The fourth-order valence-corrected chi connectivity index (χ4v) is 3.98. The van der Waals surface area contributed by atoms with E-state index in [1.807, 2.05) is 18.2 Å². The first-order chi connectivity index (χ1) is 14.0. The van der Waals surface area contributed by atoms with Gasteiger partial charge in [-0.2, -0.15) is 0 Å². The number of hydrogen-bond acceptors (Lipinski definition) is 7. The minimum Gasteiger partial charge on any atom is -0.493 e. The molecular formula is C21H27NO5S2. The summed E-state index contributed by atoms with van der Waals surface area (Å²) >= 11 is 6.40. The van der Waals surface area contributed by atoms with Crippen LogP contribution in [0.2, 0.25) is 0 Å². The third kappa shape index (κ3) is 6.75. The van der Waals surface area contributed by atoms with Crippen molar-refractivity contribution in [2.45, 2.75) is 39.5 Å². The van der Waals surface area contributed by atoms with Crippen molar-refractivity contribution in [2.75, 3.05) is 26.9 Å². The van der Waals surface area contributed by atoms with Crippen LogP contribution in [0.15, 0.2) is 23.1 Å². The highest BCUT2D eigenvalue weighted by Gasteiger charge is 2.33. The number of methoxy groups -OCH3 is 1. The minimum atomic E-state index is -0.479. The van der Waals surface area contributed by atoms with Gasteiger partial charge in [0.25, 0.3) is 5.91 Å². The summed E-state index contributed by atoms with van der Waals surface area (Å²) in [7, 11) is 1.59. The number of hydrogen-bond donors (Lipinski definition) is 0. The van der Waals surface area contributed by atoms with Crippen molar-refractivity contribution in [3.05, 3.63) is 28.7 Å². The van der Waals surface area contributed by atoms with Gasteiger partial charge in [0.1, 0.15) is 10.9 Å². The van der Waals surface area contributed by atoms with Gasteiger partial charge in [-0.05, 0) is 37.1 Å². The summed E-state index contributed by atoms with van der Waals surface area (Å²) in [6.45, 7) is 4.61. The van der Waals surface area contributed by atoms with Gasteiger partial charge in [0.2, 0.25) is 0 Å². The summed E-state index contributed by atoms with van der Waals surface area (Å²) in [5.41, 5.74) is 0.789. The largest absolute Gasteiger partial charge is 0.493 e. The molecule has 1 aromatic carbocycles. The molecule has 2 rings (SSSR count). The topological polar surface area (TPSA) is 65.1 Å². The molecule has 0 radical (unpaired) electrons. The van der Waals surface area contributed by atoms with Crippen molar-refractivity contribution in [3.8, 4) is 11.5 Å². The average Bonchev–Trinajstić information content (AvgIpc) is 2.96. The van der Waals surface area contributed by atoms with Crippen LogP contribution in [0.1, 0.15) is 45.1 Å². The third-order valence-corrected chi connectivity index (χ3v) is 5.58. The molecule has 0 atom stereocenters. The molecule has 29 heavy (non-hydrogen) atoms. The van der Waals surface area contributed by atoms with Crippen LogP contribution in [0.4, 0.5) is 0 Å². The summed E-state index contributed by atoms with van der Waals surface area (Å²) in [5, 5.41) is 0. The number of unbranched alkanes of at least 4 members (excludes halogenated alkanes) is 3. The van der Waals surface area contributed by atoms with Crippen LogP contribution in [0.3, 0.4) is 0 Å². The number of thioether (sulfide) groups is 1. The van der Waals surface area contributed by atoms with Crippen LogP contribution in [-0.4, -0.2) is 48.0 Å². The summed E-state index contributed by atoms with van der Waals surface area (Å²) in [6.07, 6.45) is 6.27. The Morgan fingerprint density at radius 3 is 2.69 bits per heavy atom. The van der Waals surface area contributed by atoms with Crippen LogP contribution in [0, 0.1) is 0 Å². The number of carbonyl (C=O) groups is 2. The SMILES string of the molecule is CCCCCCOc1ccc(/C=C2\SC(=S)N(CC(=O)OCC)C2=O)cc1OC. The molecule has 158 valence electrons. The number of amides is 1. The van der Waals surface area contributed by atoms with Crippen molar-refractivity contribution in [1.29, 1.82) is 0 Å². The van der Waals surface area contributed by atoms with E-state index in [-0.39, 0.29) is 19.1 Å². The number of ether oxygens (including phenoxy) is 3. The molecular weight excluding hydrogens is 410 g/mol. The molecule has 1 heterocycles. The lowest BCUT2D eigenvalue weighted by Crippen LogP contribution is -2.34. The van der Waals surface area contributed by atoms with Gasteiger partial charge in [0, 0.05) is 0 Å². The quantitative estimate of drug-likeness (QED) is 0.220. The first-order valence-electron chi connectivity index (χ1n) is 9.72. The lowest BCUT2D eigenvalue weighted by molar-refractivity contribution is -0.145. The number of rotatable bonds is 11. The Bertz CT molecular complexity index is 778. The minimum absolute atomic E-state index is 0.177. The van der Waals surface area contributed by atoms with Crippen molar-refractivity contribution in [2.24, 2.45) is 0 Å². The molecule has 0 bridgehead atoms. The van der Waals surface area contributed by atoms with Crippen molar-refractivity contribution >= 4 is 46.3 Å². The van der Waals surface area contributed by atoms with Gasteiger partial charge in [0.05, 0.1) is 25.2 Å². The highest BCUT2D eigenvalue weighted by atomic mass is 32.2. The van der Waals surface area contributed by atoms with Gasteiger partial charge in [0.15, 0.2) is 11.5 Å². The predicted octanol–water partition coefficient (Wildman–Crippen LogP) is 4.42. The lowest BCUT2D eigenvalue weighted by Gasteiger charge is -2.13. The molecule has 6 nitrogen and oxygen atoms in total. The van der Waals surface area contributed by atoms with Crippen molar-refractivity contribution in [3.63, 3.8) is 0 Å². The van der Waals surface area contributed by atoms with Crippen LogP contribution in [0.5, 0.6) is 11.5 Å². The maximum absolute atomic E-state index is 12.6. The Morgan fingerprint density at radius 1 is 1.21 bits per heavy atom. The standard InChI is InChI=1S/C21H27NO5S2/c1-4-6-7-8-11-27-16-10-9-15(12-17(16)25-3)13-18-20(24)22(21(28)29-18)14-19(23)26-5-2/h9-10,12-13H,4-8,11,14H2,1-3H3/b18-13-. The van der Waals surface area contributed by atoms with E-state index in [2.05, 4.69) is 6.92 Å². The van der Waals surface area contributed by atoms with E-state index in [0.29, 0.717) is 27.3 Å². The summed E-state index contributed by atoms with van der Waals surface area (Å²) in [5.74, 6) is 0.502. The molecule has 0 spiro atoms. The highest BCUT2D eigenvalue weighted by Crippen LogP contribution is 2.34. The molecule has 1 aliphatic heterocycles. The van der Waals surface area contributed by atoms with Gasteiger partial charge < -0.3 is 14.2 Å². The van der Waals surface area contributed by atoms with Crippen LogP contribution >= 0.6 is 24.0 Å². The molecule has 0 N–H and O–H groups in total.